The number of guanidine groups is 1. The molecule has 1 aromatic heterocycles. The number of aryl methyl sites for hydroxylation is 1. The summed E-state index contributed by atoms with van der Waals surface area (Å²) in [6, 6.07) is 0. The summed E-state index contributed by atoms with van der Waals surface area (Å²) in [4.78, 5) is 7.00. The van der Waals surface area contributed by atoms with Crippen molar-refractivity contribution in [3.05, 3.63) is 12.2 Å². The molecule has 1 aliphatic carbocycles. The highest BCUT2D eigenvalue weighted by molar-refractivity contribution is 8.00. The molecule has 0 radical (unpaired) electrons. The quantitative estimate of drug-likeness (QED) is 0.666. The van der Waals surface area contributed by atoms with Crippen molar-refractivity contribution < 1.29 is 0 Å². The maximum Gasteiger partial charge on any atom is 0.193 e. The van der Waals surface area contributed by atoms with Crippen molar-refractivity contribution in [2.45, 2.75) is 56.7 Å². The van der Waals surface area contributed by atoms with E-state index >= 15 is 0 Å². The SMILES string of the molecule is CCc1nncn1CCNC(=NC)N1CCSC2(CCCCC2)C1. The van der Waals surface area contributed by atoms with Gasteiger partial charge in [0.1, 0.15) is 12.2 Å². The van der Waals surface area contributed by atoms with E-state index in [0.717, 1.165) is 44.4 Å². The second kappa shape index (κ2) is 8.23. The molecule has 2 fully saturated rings. The molecular formula is C17H30N6S. The molecule has 0 unspecified atom stereocenters. The van der Waals surface area contributed by atoms with E-state index < -0.39 is 0 Å². The number of nitrogens with one attached hydrogen (secondary N) is 1. The summed E-state index contributed by atoms with van der Waals surface area (Å²) in [5.41, 5.74) is 0. The van der Waals surface area contributed by atoms with Crippen LogP contribution >= 0.6 is 11.8 Å². The summed E-state index contributed by atoms with van der Waals surface area (Å²) in [6.45, 7) is 6.09. The Morgan fingerprint density at radius 2 is 2.21 bits per heavy atom. The predicted octanol–water partition coefficient (Wildman–Crippen LogP) is 2.17. The zero-order valence-electron chi connectivity index (χ0n) is 15.0. The molecule has 0 atom stereocenters. The molecule has 1 saturated carbocycles. The topological polar surface area (TPSA) is 58.3 Å². The molecule has 2 aliphatic rings. The highest BCUT2D eigenvalue weighted by Crippen LogP contribution is 2.42. The number of aromatic nitrogens is 3. The fraction of sp³-hybridized carbons (Fsp3) is 0.824. The predicted molar refractivity (Wildman–Crippen MR) is 101 cm³/mol. The first kappa shape index (κ1) is 17.6. The van der Waals surface area contributed by atoms with Gasteiger partial charge in [-0.15, -0.1) is 10.2 Å². The number of hydrogen-bond acceptors (Lipinski definition) is 4. The van der Waals surface area contributed by atoms with Crippen LogP contribution < -0.4 is 5.32 Å². The van der Waals surface area contributed by atoms with Crippen LogP contribution in [-0.4, -0.2) is 62.8 Å². The smallest absolute Gasteiger partial charge is 0.193 e. The Kier molecular flexibility index (Phi) is 6.03. The number of hydrogen-bond donors (Lipinski definition) is 1. The Bertz CT molecular complexity index is 544. The highest BCUT2D eigenvalue weighted by Gasteiger charge is 2.38. The van der Waals surface area contributed by atoms with Crippen molar-refractivity contribution in [3.63, 3.8) is 0 Å². The number of aliphatic imine (C=N–C) groups is 1. The zero-order valence-corrected chi connectivity index (χ0v) is 15.8. The molecule has 1 N–H and O–H groups in total. The van der Waals surface area contributed by atoms with E-state index in [1.807, 2.05) is 13.4 Å². The number of rotatable bonds is 4. The van der Waals surface area contributed by atoms with Gasteiger partial charge in [-0.05, 0) is 12.8 Å². The number of thioether (sulfide) groups is 1. The lowest BCUT2D eigenvalue weighted by Crippen LogP contribution is -2.53. The minimum atomic E-state index is 0.470. The monoisotopic (exact) mass is 350 g/mol. The van der Waals surface area contributed by atoms with E-state index in [2.05, 4.69) is 48.7 Å². The molecule has 7 heteroatoms. The van der Waals surface area contributed by atoms with Gasteiger partial charge in [0, 0.05) is 50.1 Å². The van der Waals surface area contributed by atoms with Gasteiger partial charge < -0.3 is 14.8 Å². The first-order chi connectivity index (χ1) is 11.8. The van der Waals surface area contributed by atoms with Gasteiger partial charge in [0.15, 0.2) is 5.96 Å². The standard InChI is InChI=1S/C17H30N6S/c1-3-15-21-20-14-23(15)10-9-19-16(18-2)22-11-12-24-17(13-22)7-5-4-6-8-17/h14H,3-13H2,1-2H3,(H,18,19). The van der Waals surface area contributed by atoms with E-state index in [-0.39, 0.29) is 0 Å². The van der Waals surface area contributed by atoms with E-state index in [4.69, 9.17) is 0 Å². The van der Waals surface area contributed by atoms with Gasteiger partial charge in [0.05, 0.1) is 0 Å². The second-order valence-corrected chi connectivity index (χ2v) is 8.34. The van der Waals surface area contributed by atoms with Gasteiger partial charge in [0.25, 0.3) is 0 Å². The Labute approximate surface area is 149 Å². The molecular weight excluding hydrogens is 320 g/mol. The summed E-state index contributed by atoms with van der Waals surface area (Å²) in [5.74, 6) is 3.31. The van der Waals surface area contributed by atoms with Gasteiger partial charge in [-0.2, -0.15) is 11.8 Å². The Morgan fingerprint density at radius 1 is 1.38 bits per heavy atom. The molecule has 0 aromatic carbocycles. The number of nitrogens with zero attached hydrogens (tertiary/aromatic N) is 5. The minimum Gasteiger partial charge on any atom is -0.354 e. The molecule has 0 bridgehead atoms. The summed E-state index contributed by atoms with van der Waals surface area (Å²) < 4.78 is 2.59. The van der Waals surface area contributed by atoms with Crippen LogP contribution in [0.25, 0.3) is 0 Å². The van der Waals surface area contributed by atoms with Crippen LogP contribution in [0, 0.1) is 0 Å². The van der Waals surface area contributed by atoms with Crippen molar-refractivity contribution in [2.75, 3.05) is 32.4 Å². The van der Waals surface area contributed by atoms with Crippen molar-refractivity contribution in [2.24, 2.45) is 4.99 Å². The van der Waals surface area contributed by atoms with Gasteiger partial charge in [-0.1, -0.05) is 26.2 Å². The molecule has 6 nitrogen and oxygen atoms in total. The van der Waals surface area contributed by atoms with E-state index in [1.54, 1.807) is 0 Å². The summed E-state index contributed by atoms with van der Waals surface area (Å²) in [5, 5.41) is 11.7. The van der Waals surface area contributed by atoms with Crippen molar-refractivity contribution in [1.29, 1.82) is 0 Å². The normalized spacial score (nSPS) is 21.2. The molecule has 1 aromatic rings. The molecule has 0 amide bonds. The van der Waals surface area contributed by atoms with Crippen molar-refractivity contribution >= 4 is 17.7 Å². The third kappa shape index (κ3) is 4.05. The van der Waals surface area contributed by atoms with Crippen LogP contribution in [0.2, 0.25) is 0 Å². The van der Waals surface area contributed by atoms with E-state index in [0.29, 0.717) is 4.75 Å². The fourth-order valence-corrected chi connectivity index (χ4v) is 5.45. The maximum atomic E-state index is 4.53. The summed E-state index contributed by atoms with van der Waals surface area (Å²) in [6.07, 6.45) is 9.66. The minimum absolute atomic E-state index is 0.470. The molecule has 134 valence electrons. The first-order valence-electron chi connectivity index (χ1n) is 9.22. The zero-order chi connectivity index (χ0) is 16.8. The average Bonchev–Trinajstić information content (AvgIpc) is 3.07. The summed E-state index contributed by atoms with van der Waals surface area (Å²) >= 11 is 2.20. The van der Waals surface area contributed by atoms with Crippen LogP contribution in [-0.2, 0) is 13.0 Å². The first-order valence-corrected chi connectivity index (χ1v) is 10.2. The van der Waals surface area contributed by atoms with Crippen LogP contribution in [0.1, 0.15) is 44.9 Å². The van der Waals surface area contributed by atoms with E-state index in [1.165, 1.54) is 37.9 Å². The van der Waals surface area contributed by atoms with Crippen LogP contribution in [0.4, 0.5) is 0 Å². The fourth-order valence-electron chi connectivity index (χ4n) is 3.88. The average molecular weight is 351 g/mol. The molecule has 1 aliphatic heterocycles. The van der Waals surface area contributed by atoms with E-state index in [9.17, 15) is 0 Å². The maximum absolute atomic E-state index is 4.53. The molecule has 1 saturated heterocycles. The van der Waals surface area contributed by atoms with Crippen molar-refractivity contribution in [3.8, 4) is 0 Å². The molecule has 2 heterocycles. The van der Waals surface area contributed by atoms with Gasteiger partial charge >= 0.3 is 0 Å². The van der Waals surface area contributed by atoms with Crippen LogP contribution in [0.15, 0.2) is 11.3 Å². The van der Waals surface area contributed by atoms with Gasteiger partial charge in [-0.3, -0.25) is 4.99 Å². The van der Waals surface area contributed by atoms with Gasteiger partial charge in [-0.25, -0.2) is 0 Å². The summed E-state index contributed by atoms with van der Waals surface area (Å²) in [7, 11) is 1.90. The third-order valence-electron chi connectivity index (χ3n) is 5.17. The Morgan fingerprint density at radius 3 is 2.96 bits per heavy atom. The van der Waals surface area contributed by atoms with Crippen molar-refractivity contribution in [1.82, 2.24) is 25.0 Å². The Hall–Kier alpha value is -1.24. The lowest BCUT2D eigenvalue weighted by atomic mass is 9.87. The van der Waals surface area contributed by atoms with Crippen LogP contribution in [0.5, 0.6) is 0 Å². The molecule has 24 heavy (non-hydrogen) atoms. The Balaban J connectivity index is 1.54. The lowest BCUT2D eigenvalue weighted by molar-refractivity contribution is 0.293. The van der Waals surface area contributed by atoms with Gasteiger partial charge in [0.2, 0.25) is 0 Å². The third-order valence-corrected chi connectivity index (χ3v) is 6.71. The molecule has 1 spiro atoms. The highest BCUT2D eigenvalue weighted by atomic mass is 32.2. The van der Waals surface area contributed by atoms with Crippen LogP contribution in [0.3, 0.4) is 0 Å². The second-order valence-electron chi connectivity index (χ2n) is 6.78. The lowest BCUT2D eigenvalue weighted by Gasteiger charge is -2.45. The molecule has 3 rings (SSSR count). The largest absolute Gasteiger partial charge is 0.354 e.